The Morgan fingerprint density at radius 2 is 1.76 bits per heavy atom. The number of carbonyl (C=O) groups excluding carboxylic acids is 2. The smallest absolute Gasteiger partial charge is 0.433 e. The van der Waals surface area contributed by atoms with Crippen LogP contribution in [0, 0.1) is 5.92 Å². The zero-order valence-electron chi connectivity index (χ0n) is 34.8. The first-order chi connectivity index (χ1) is 29.9. The molecule has 0 radical (unpaired) electrons. The molecule has 332 valence electrons. The third kappa shape index (κ3) is 14.7. The molecule has 1 aromatic carbocycles. The Morgan fingerprint density at radius 1 is 0.984 bits per heavy atom. The van der Waals surface area contributed by atoms with E-state index in [9.17, 15) is 32.3 Å². The quantitative estimate of drug-likeness (QED) is 0.0523. The molecule has 18 heteroatoms. The molecule has 5 N–H and O–H groups in total. The van der Waals surface area contributed by atoms with Crippen molar-refractivity contribution in [2.45, 2.75) is 83.4 Å². The molecule has 4 aromatic heterocycles. The fraction of sp³-hybridized carbons (Fsp3) is 0.432. The Kier molecular flexibility index (Phi) is 17.8. The second-order valence-electron chi connectivity index (χ2n) is 15.2. The number of aromatic nitrogens is 5. The topological polar surface area (TPSA) is 196 Å². The third-order valence-electron chi connectivity index (χ3n) is 10.5. The molecule has 7 rings (SSSR count). The number of amides is 2. The minimum atomic E-state index is -4.62. The molecule has 15 nitrogen and oxygen atoms in total. The van der Waals surface area contributed by atoms with E-state index in [0.29, 0.717) is 34.4 Å². The number of alkyl halides is 3. The summed E-state index contributed by atoms with van der Waals surface area (Å²) in [4.78, 5) is 54.1. The van der Waals surface area contributed by atoms with E-state index in [-0.39, 0.29) is 5.69 Å². The van der Waals surface area contributed by atoms with Crippen LogP contribution in [0.3, 0.4) is 0 Å². The van der Waals surface area contributed by atoms with E-state index in [0.717, 1.165) is 22.6 Å². The van der Waals surface area contributed by atoms with Crippen LogP contribution in [0.15, 0.2) is 78.1 Å². The summed E-state index contributed by atoms with van der Waals surface area (Å²) in [6.45, 7) is 4.40. The standard InChI is InChI=1S/C21H35N3.C15H11F3N4O2.C8H8N2O4/c1-3-9-19(10-4-1)16-22-12-6-5-11-20-15-21(18-23-17-20)24-13-7-2-8-14-24;1-24-12-6-10-8(7-19-22-10)5-11(12)21-14(23)9-3-2-4-13(20-9)15(16,17)18;11-5-9-6-1-2-7(12)10(3-6)4-8(13)14/h15,17-19,22H,1-14,16H2;2-7H,1H3,(H,19,22)(H,21,23);1-3,5H,4H2,(H,9,11)(H,13,14). The number of piperidine rings is 1. The lowest BCUT2D eigenvalue weighted by atomic mass is 9.89. The molecule has 5 aromatic rings. The van der Waals surface area contributed by atoms with Crippen molar-refractivity contribution in [2.24, 2.45) is 5.92 Å². The number of carboxylic acid groups (broad SMARTS) is 1. The number of aliphatic carboxylic acids is 1. The van der Waals surface area contributed by atoms with Gasteiger partial charge in [0.15, 0.2) is 0 Å². The molecule has 2 fully saturated rings. The zero-order valence-corrected chi connectivity index (χ0v) is 34.8. The summed E-state index contributed by atoms with van der Waals surface area (Å²) >= 11 is 0. The summed E-state index contributed by atoms with van der Waals surface area (Å²) in [5.41, 5.74) is 2.21. The van der Waals surface area contributed by atoms with Crippen LogP contribution in [-0.4, -0.2) is 81.4 Å². The normalized spacial score (nSPS) is 14.2. The Morgan fingerprint density at radius 3 is 2.48 bits per heavy atom. The largest absolute Gasteiger partial charge is 0.494 e. The molecule has 62 heavy (non-hydrogen) atoms. The summed E-state index contributed by atoms with van der Waals surface area (Å²) in [5.74, 6) is -0.603. The number of ether oxygens (including phenoxy) is 1. The van der Waals surface area contributed by atoms with Gasteiger partial charge in [0, 0.05) is 43.0 Å². The van der Waals surface area contributed by atoms with Gasteiger partial charge in [-0.15, -0.1) is 0 Å². The number of nitrogens with zero attached hydrogens (tertiary/aromatic N) is 5. The number of methoxy groups -OCH3 is 1. The highest BCUT2D eigenvalue weighted by Crippen LogP contribution is 2.31. The number of H-pyrrole nitrogens is 1. The number of halogens is 3. The first-order valence-electron chi connectivity index (χ1n) is 20.8. The molecule has 1 aliphatic carbocycles. The van der Waals surface area contributed by atoms with E-state index in [1.807, 2.05) is 6.20 Å². The Bertz CT molecular complexity index is 2270. The van der Waals surface area contributed by atoms with Crippen LogP contribution in [0.5, 0.6) is 5.75 Å². The molecule has 0 unspecified atom stereocenters. The lowest BCUT2D eigenvalue weighted by molar-refractivity contribution is -0.141. The number of carbonyl (C=O) groups is 3. The average Bonchev–Trinajstić information content (AvgIpc) is 3.74. The zero-order chi connectivity index (χ0) is 44.3. The highest BCUT2D eigenvalue weighted by atomic mass is 19.4. The Hall–Kier alpha value is -6.30. The van der Waals surface area contributed by atoms with Crippen LogP contribution in [0.1, 0.15) is 86.0 Å². The second-order valence-corrected chi connectivity index (χ2v) is 15.2. The van der Waals surface area contributed by atoms with E-state index in [4.69, 9.17) is 9.84 Å². The summed E-state index contributed by atoms with van der Waals surface area (Å²) in [7, 11) is 1.41. The average molecular weight is 862 g/mol. The van der Waals surface area contributed by atoms with Gasteiger partial charge in [-0.2, -0.15) is 18.3 Å². The maximum absolute atomic E-state index is 12.7. The predicted molar refractivity (Wildman–Crippen MR) is 231 cm³/mol. The first-order valence-corrected chi connectivity index (χ1v) is 20.8. The number of pyridine rings is 3. The second kappa shape index (κ2) is 23.6. The van der Waals surface area contributed by atoms with Crippen molar-refractivity contribution in [1.29, 1.82) is 0 Å². The van der Waals surface area contributed by atoms with Gasteiger partial charge in [-0.3, -0.25) is 29.3 Å². The fourth-order valence-electron chi connectivity index (χ4n) is 7.31. The summed E-state index contributed by atoms with van der Waals surface area (Å²) in [5, 5.41) is 24.3. The molecular formula is C44H54F3N9O6. The number of nitrogens with one attached hydrogen (secondary N) is 4. The van der Waals surface area contributed by atoms with Gasteiger partial charge in [0.2, 0.25) is 6.41 Å². The molecule has 5 heterocycles. The van der Waals surface area contributed by atoms with E-state index in [1.165, 1.54) is 140 Å². The molecule has 0 atom stereocenters. The van der Waals surface area contributed by atoms with E-state index in [1.54, 1.807) is 18.3 Å². The van der Waals surface area contributed by atoms with Crippen molar-refractivity contribution in [2.75, 3.05) is 48.8 Å². The van der Waals surface area contributed by atoms with Crippen LogP contribution < -0.4 is 31.1 Å². The van der Waals surface area contributed by atoms with E-state index in [2.05, 4.69) is 53.3 Å². The number of carboxylic acids is 1. The van der Waals surface area contributed by atoms with Crippen molar-refractivity contribution in [3.05, 3.63) is 101 Å². The highest BCUT2D eigenvalue weighted by molar-refractivity contribution is 6.05. The van der Waals surface area contributed by atoms with E-state index >= 15 is 0 Å². The minimum absolute atomic E-state index is 0.301. The molecule has 0 bridgehead atoms. The van der Waals surface area contributed by atoms with Crippen LogP contribution in [0.2, 0.25) is 0 Å². The number of aryl methyl sites for hydroxylation is 1. The molecule has 2 amide bonds. The number of aromatic amines is 1. The van der Waals surface area contributed by atoms with Crippen molar-refractivity contribution in [3.63, 3.8) is 0 Å². The van der Waals surface area contributed by atoms with Crippen molar-refractivity contribution in [1.82, 2.24) is 30.0 Å². The third-order valence-corrected chi connectivity index (χ3v) is 10.5. The van der Waals surface area contributed by atoms with Crippen LogP contribution >= 0.6 is 0 Å². The van der Waals surface area contributed by atoms with Gasteiger partial charge in [-0.25, -0.2) is 4.98 Å². The van der Waals surface area contributed by atoms with Crippen molar-refractivity contribution < 1.29 is 37.4 Å². The minimum Gasteiger partial charge on any atom is -0.494 e. The predicted octanol–water partition coefficient (Wildman–Crippen LogP) is 7.30. The Labute approximate surface area is 357 Å². The highest BCUT2D eigenvalue weighted by Gasteiger charge is 2.33. The van der Waals surface area contributed by atoms with Crippen LogP contribution in [0.25, 0.3) is 10.9 Å². The number of rotatable bonds is 15. The van der Waals surface area contributed by atoms with Gasteiger partial charge in [-0.05, 0) is 106 Å². The number of unbranched alkanes of at least 4 members (excludes halogenated alkanes) is 1. The maximum Gasteiger partial charge on any atom is 0.433 e. The molecule has 2 aliphatic rings. The van der Waals surface area contributed by atoms with Gasteiger partial charge in [0.05, 0.1) is 42.1 Å². The number of hydrogen-bond acceptors (Lipinski definition) is 10. The van der Waals surface area contributed by atoms with Gasteiger partial charge in [-0.1, -0.05) is 25.3 Å². The first kappa shape index (κ1) is 46.8. The SMILES string of the molecule is COc1cc2[nH]ncc2cc1NC(=O)c1cccc(C(F)(F)F)n1.O=CNc1ccc(=O)n(CC(=O)O)c1.c1ncc(N2CCCCC2)cc1CCCCNCC1CCCCC1. The number of fused-ring (bicyclic) bond motifs is 1. The van der Waals surface area contributed by atoms with Crippen LogP contribution in [-0.2, 0) is 28.7 Å². The number of anilines is 3. The summed E-state index contributed by atoms with van der Waals surface area (Å²) in [6, 6.07) is 11.3. The summed E-state index contributed by atoms with van der Waals surface area (Å²) in [6.07, 6.45) is 17.8. The van der Waals surface area contributed by atoms with Crippen molar-refractivity contribution in [3.8, 4) is 5.75 Å². The number of benzene rings is 1. The molecule has 1 aliphatic heterocycles. The summed E-state index contributed by atoms with van der Waals surface area (Å²) < 4.78 is 44.2. The van der Waals surface area contributed by atoms with Crippen LogP contribution in [0.4, 0.5) is 30.2 Å². The van der Waals surface area contributed by atoms with Gasteiger partial charge >= 0.3 is 12.1 Å². The van der Waals surface area contributed by atoms with Gasteiger partial charge in [0.25, 0.3) is 11.5 Å². The fourth-order valence-corrected chi connectivity index (χ4v) is 7.31. The molecule has 0 spiro atoms. The molecular weight excluding hydrogens is 808 g/mol. The van der Waals surface area contributed by atoms with Gasteiger partial charge < -0.3 is 35.3 Å². The number of hydrogen-bond donors (Lipinski definition) is 5. The lowest BCUT2D eigenvalue weighted by Gasteiger charge is -2.28. The van der Waals surface area contributed by atoms with E-state index < -0.39 is 35.9 Å². The molecule has 1 saturated carbocycles. The Balaban J connectivity index is 0.000000183. The molecule has 1 saturated heterocycles. The monoisotopic (exact) mass is 861 g/mol. The van der Waals surface area contributed by atoms with Gasteiger partial charge in [0.1, 0.15) is 23.7 Å². The maximum atomic E-state index is 12.7. The van der Waals surface area contributed by atoms with Crippen molar-refractivity contribution >= 4 is 46.3 Å². The lowest BCUT2D eigenvalue weighted by Crippen LogP contribution is -2.29.